The molecule has 0 bridgehead atoms. The van der Waals surface area contributed by atoms with Crippen LogP contribution >= 0.6 is 11.6 Å². The van der Waals surface area contributed by atoms with Crippen molar-refractivity contribution in [3.05, 3.63) is 82.4 Å². The lowest BCUT2D eigenvalue weighted by molar-refractivity contribution is 0.102. The first-order valence-corrected chi connectivity index (χ1v) is 10.9. The van der Waals surface area contributed by atoms with Crippen LogP contribution < -0.4 is 14.8 Å². The van der Waals surface area contributed by atoms with E-state index in [1.165, 1.54) is 19.2 Å². The Morgan fingerprint density at radius 3 is 2.23 bits per heavy atom. The first-order chi connectivity index (χ1) is 14.2. The fourth-order valence-corrected chi connectivity index (χ4v) is 4.34. The molecule has 0 heterocycles. The van der Waals surface area contributed by atoms with E-state index < -0.39 is 10.0 Å². The number of hydrogen-bond acceptors (Lipinski definition) is 4. The van der Waals surface area contributed by atoms with Crippen LogP contribution in [0.3, 0.4) is 0 Å². The van der Waals surface area contributed by atoms with Gasteiger partial charge in [0.05, 0.1) is 7.11 Å². The summed E-state index contributed by atoms with van der Waals surface area (Å²) < 4.78 is 33.6. The van der Waals surface area contributed by atoms with Gasteiger partial charge in [-0.05, 0) is 67.9 Å². The molecule has 8 heteroatoms. The lowest BCUT2D eigenvalue weighted by Gasteiger charge is -2.14. The Hall–Kier alpha value is -3.03. The van der Waals surface area contributed by atoms with Crippen LogP contribution in [0.25, 0.3) is 0 Å². The highest BCUT2D eigenvalue weighted by Crippen LogP contribution is 2.29. The Morgan fingerprint density at radius 2 is 1.60 bits per heavy atom. The molecular formula is C22H21ClN2O4S. The van der Waals surface area contributed by atoms with Crippen molar-refractivity contribution in [1.29, 1.82) is 0 Å². The third-order valence-electron chi connectivity index (χ3n) is 4.43. The molecule has 0 unspecified atom stereocenters. The fraction of sp³-hybridized carbons (Fsp3) is 0.136. The third kappa shape index (κ3) is 4.93. The molecule has 0 aliphatic rings. The van der Waals surface area contributed by atoms with Gasteiger partial charge in [-0.15, -0.1) is 0 Å². The monoisotopic (exact) mass is 444 g/mol. The molecule has 0 saturated heterocycles. The van der Waals surface area contributed by atoms with Gasteiger partial charge in [-0.1, -0.05) is 29.3 Å². The van der Waals surface area contributed by atoms with Crippen LogP contribution in [0.15, 0.2) is 65.6 Å². The minimum atomic E-state index is -3.98. The summed E-state index contributed by atoms with van der Waals surface area (Å²) in [6, 6.07) is 16.2. The van der Waals surface area contributed by atoms with Crippen LogP contribution in [0, 0.1) is 13.8 Å². The maximum Gasteiger partial charge on any atom is 0.265 e. The molecule has 0 aliphatic carbocycles. The zero-order chi connectivity index (χ0) is 21.9. The van der Waals surface area contributed by atoms with Gasteiger partial charge in [-0.2, -0.15) is 0 Å². The summed E-state index contributed by atoms with van der Waals surface area (Å²) in [4.78, 5) is 12.6. The first kappa shape index (κ1) is 21.7. The first-order valence-electron chi connectivity index (χ1n) is 9.04. The largest absolute Gasteiger partial charge is 0.495 e. The molecule has 0 spiro atoms. The molecule has 0 radical (unpaired) electrons. The van der Waals surface area contributed by atoms with Crippen molar-refractivity contribution in [1.82, 2.24) is 0 Å². The second kappa shape index (κ2) is 8.77. The normalized spacial score (nSPS) is 11.1. The molecule has 6 nitrogen and oxygen atoms in total. The number of nitrogens with one attached hydrogen (secondary N) is 2. The van der Waals surface area contributed by atoms with Crippen LogP contribution in [0.5, 0.6) is 5.75 Å². The number of benzene rings is 3. The second-order valence-corrected chi connectivity index (χ2v) is 8.84. The van der Waals surface area contributed by atoms with E-state index in [9.17, 15) is 13.2 Å². The number of carbonyl (C=O) groups is 1. The maximum absolute atomic E-state index is 12.9. The van der Waals surface area contributed by atoms with Crippen LogP contribution in [0.1, 0.15) is 21.5 Å². The van der Waals surface area contributed by atoms with Crippen molar-refractivity contribution in [2.24, 2.45) is 0 Å². The zero-order valence-electron chi connectivity index (χ0n) is 16.7. The summed E-state index contributed by atoms with van der Waals surface area (Å²) in [7, 11) is -2.60. The zero-order valence-corrected chi connectivity index (χ0v) is 18.3. The van der Waals surface area contributed by atoms with E-state index >= 15 is 0 Å². The van der Waals surface area contributed by atoms with E-state index in [1.807, 2.05) is 26.0 Å². The number of anilines is 2. The topological polar surface area (TPSA) is 84.5 Å². The molecule has 3 aromatic rings. The van der Waals surface area contributed by atoms with Gasteiger partial charge in [0, 0.05) is 22.0 Å². The van der Waals surface area contributed by atoms with Crippen molar-refractivity contribution in [2.45, 2.75) is 18.7 Å². The summed E-state index contributed by atoms with van der Waals surface area (Å²) in [6.45, 7) is 3.80. The van der Waals surface area contributed by atoms with Crippen molar-refractivity contribution in [2.75, 3.05) is 17.1 Å². The molecule has 2 N–H and O–H groups in total. The molecule has 1 amide bonds. The summed E-state index contributed by atoms with van der Waals surface area (Å²) in [6.07, 6.45) is 0. The predicted molar refractivity (Wildman–Crippen MR) is 119 cm³/mol. The summed E-state index contributed by atoms with van der Waals surface area (Å²) in [5.74, 6) is -0.173. The van der Waals surface area contributed by atoms with Crippen LogP contribution in [-0.4, -0.2) is 21.4 Å². The Bertz CT molecular complexity index is 1190. The van der Waals surface area contributed by atoms with E-state index in [1.54, 1.807) is 36.4 Å². The lowest BCUT2D eigenvalue weighted by Crippen LogP contribution is -2.16. The number of sulfonamides is 1. The Kier molecular flexibility index (Phi) is 6.34. The van der Waals surface area contributed by atoms with Gasteiger partial charge in [-0.25, -0.2) is 8.42 Å². The number of aryl methyl sites for hydroxylation is 2. The molecule has 0 atom stereocenters. The van der Waals surface area contributed by atoms with Gasteiger partial charge in [0.1, 0.15) is 10.6 Å². The smallest absolute Gasteiger partial charge is 0.265 e. The maximum atomic E-state index is 12.9. The molecular weight excluding hydrogens is 424 g/mol. The number of hydrogen-bond donors (Lipinski definition) is 2. The van der Waals surface area contributed by atoms with Crippen molar-refractivity contribution < 1.29 is 17.9 Å². The number of halogens is 1. The molecule has 0 aliphatic heterocycles. The standard InChI is InChI=1S/C22H21ClN2O4S/c1-14-4-10-19(15(2)12-14)22(26)24-18-9-11-20(29-3)21(13-18)30(27,28)25-17-7-5-16(23)6-8-17/h4-13,25H,1-3H3,(H,24,26). The number of amides is 1. The van der Waals surface area contributed by atoms with E-state index in [2.05, 4.69) is 10.0 Å². The van der Waals surface area contributed by atoms with E-state index in [0.717, 1.165) is 11.1 Å². The van der Waals surface area contributed by atoms with Crippen molar-refractivity contribution in [3.63, 3.8) is 0 Å². The van der Waals surface area contributed by atoms with Crippen molar-refractivity contribution >= 4 is 38.9 Å². The summed E-state index contributed by atoms with van der Waals surface area (Å²) in [5, 5.41) is 3.24. The van der Waals surface area contributed by atoms with Gasteiger partial charge in [0.2, 0.25) is 0 Å². The SMILES string of the molecule is COc1ccc(NC(=O)c2ccc(C)cc2C)cc1S(=O)(=O)Nc1ccc(Cl)cc1. The number of carbonyl (C=O) groups excluding carboxylic acids is 1. The van der Waals surface area contributed by atoms with Gasteiger partial charge >= 0.3 is 0 Å². The highest BCUT2D eigenvalue weighted by Gasteiger charge is 2.21. The van der Waals surface area contributed by atoms with Gasteiger partial charge in [0.25, 0.3) is 15.9 Å². The summed E-state index contributed by atoms with van der Waals surface area (Å²) >= 11 is 5.85. The Balaban J connectivity index is 1.91. The van der Waals surface area contributed by atoms with Crippen LogP contribution in [0.4, 0.5) is 11.4 Å². The van der Waals surface area contributed by atoms with Crippen LogP contribution in [0.2, 0.25) is 5.02 Å². The predicted octanol–water partition coefficient (Wildman–Crippen LogP) is 5.02. The quantitative estimate of drug-likeness (QED) is 0.559. The fourth-order valence-electron chi connectivity index (χ4n) is 2.96. The molecule has 3 aromatic carbocycles. The van der Waals surface area contributed by atoms with Gasteiger partial charge in [0.15, 0.2) is 0 Å². The number of ether oxygens (including phenoxy) is 1. The number of methoxy groups -OCH3 is 1. The van der Waals surface area contributed by atoms with E-state index in [0.29, 0.717) is 22.0 Å². The van der Waals surface area contributed by atoms with E-state index in [-0.39, 0.29) is 16.6 Å². The minimum absolute atomic E-state index is 0.0987. The highest BCUT2D eigenvalue weighted by molar-refractivity contribution is 7.92. The molecule has 0 fully saturated rings. The Labute approximate surface area is 180 Å². The molecule has 0 saturated carbocycles. The van der Waals surface area contributed by atoms with E-state index in [4.69, 9.17) is 16.3 Å². The second-order valence-electron chi connectivity index (χ2n) is 6.75. The van der Waals surface area contributed by atoms with Crippen molar-refractivity contribution in [3.8, 4) is 5.75 Å². The minimum Gasteiger partial charge on any atom is -0.495 e. The molecule has 156 valence electrons. The third-order valence-corrected chi connectivity index (χ3v) is 6.09. The van der Waals surface area contributed by atoms with Crippen LogP contribution in [-0.2, 0) is 10.0 Å². The number of rotatable bonds is 6. The van der Waals surface area contributed by atoms with Gasteiger partial charge in [-0.3, -0.25) is 9.52 Å². The highest BCUT2D eigenvalue weighted by atomic mass is 35.5. The summed E-state index contributed by atoms with van der Waals surface area (Å²) in [5.41, 5.74) is 3.08. The molecule has 0 aromatic heterocycles. The Morgan fingerprint density at radius 1 is 0.933 bits per heavy atom. The lowest BCUT2D eigenvalue weighted by atomic mass is 10.1. The average Bonchev–Trinajstić information content (AvgIpc) is 2.69. The van der Waals surface area contributed by atoms with Gasteiger partial charge < -0.3 is 10.1 Å². The molecule has 30 heavy (non-hydrogen) atoms. The average molecular weight is 445 g/mol. The molecule has 3 rings (SSSR count).